The Morgan fingerprint density at radius 2 is 2.24 bits per heavy atom. The number of Topliss-reactive ketones (excluding diaryl/α,β-unsaturated/α-hetero) is 1. The quantitative estimate of drug-likeness (QED) is 0.795. The van der Waals surface area contributed by atoms with Gasteiger partial charge in [-0.1, -0.05) is 25.1 Å². The zero-order valence-corrected chi connectivity index (χ0v) is 10.5. The number of benzene rings is 1. The van der Waals surface area contributed by atoms with E-state index in [0.29, 0.717) is 12.5 Å². The Labute approximate surface area is 102 Å². The van der Waals surface area contributed by atoms with Gasteiger partial charge in [0.15, 0.2) is 5.78 Å². The number of nitrogens with zero attached hydrogens (tertiary/aromatic N) is 1. The summed E-state index contributed by atoms with van der Waals surface area (Å²) >= 11 is 0. The molecule has 0 saturated heterocycles. The maximum Gasteiger partial charge on any atom is 0.177 e. The molecule has 0 aromatic heterocycles. The van der Waals surface area contributed by atoms with E-state index in [4.69, 9.17) is 4.74 Å². The first-order valence-corrected chi connectivity index (χ1v) is 6.04. The van der Waals surface area contributed by atoms with Crippen LogP contribution in [0.4, 0.5) is 5.69 Å². The van der Waals surface area contributed by atoms with Gasteiger partial charge in [0, 0.05) is 19.3 Å². The number of para-hydroxylation sites is 1. The summed E-state index contributed by atoms with van der Waals surface area (Å²) in [6, 6.07) is 8.34. The van der Waals surface area contributed by atoms with Crippen molar-refractivity contribution in [3.63, 3.8) is 0 Å². The standard InChI is InChI=1S/C14H19NO2/c1-11-7-12-5-3-4-6-14(12)15(8-11)9-13(16)10-17-2/h3-6,11H,7-10H2,1-2H3. The number of ketones is 1. The van der Waals surface area contributed by atoms with E-state index in [-0.39, 0.29) is 12.4 Å². The second-order valence-corrected chi connectivity index (χ2v) is 4.79. The van der Waals surface area contributed by atoms with Crippen LogP contribution >= 0.6 is 0 Å². The van der Waals surface area contributed by atoms with Crippen LogP contribution in [-0.4, -0.2) is 32.6 Å². The van der Waals surface area contributed by atoms with E-state index in [1.165, 1.54) is 11.3 Å². The topological polar surface area (TPSA) is 29.5 Å². The molecule has 0 bridgehead atoms. The van der Waals surface area contributed by atoms with Gasteiger partial charge >= 0.3 is 0 Å². The molecule has 1 atom stereocenters. The first-order chi connectivity index (χ1) is 8.20. The van der Waals surface area contributed by atoms with Crippen molar-refractivity contribution < 1.29 is 9.53 Å². The van der Waals surface area contributed by atoms with Gasteiger partial charge in [-0.3, -0.25) is 4.79 Å². The van der Waals surface area contributed by atoms with Gasteiger partial charge in [-0.2, -0.15) is 0 Å². The average Bonchev–Trinajstić information content (AvgIpc) is 2.29. The van der Waals surface area contributed by atoms with Crippen LogP contribution in [-0.2, 0) is 16.0 Å². The third-order valence-electron chi connectivity index (χ3n) is 3.11. The van der Waals surface area contributed by atoms with Gasteiger partial charge in [-0.05, 0) is 24.0 Å². The normalized spacial score (nSPS) is 18.9. The Morgan fingerprint density at radius 1 is 1.47 bits per heavy atom. The zero-order chi connectivity index (χ0) is 12.3. The lowest BCUT2D eigenvalue weighted by atomic mass is 9.94. The summed E-state index contributed by atoms with van der Waals surface area (Å²) in [6.45, 7) is 3.83. The highest BCUT2D eigenvalue weighted by atomic mass is 16.5. The molecule has 92 valence electrons. The maximum absolute atomic E-state index is 11.7. The fraction of sp³-hybridized carbons (Fsp3) is 0.500. The maximum atomic E-state index is 11.7. The molecule has 1 aromatic carbocycles. The Kier molecular flexibility index (Phi) is 3.79. The van der Waals surface area contributed by atoms with E-state index < -0.39 is 0 Å². The molecule has 1 aliphatic heterocycles. The number of methoxy groups -OCH3 is 1. The number of anilines is 1. The minimum Gasteiger partial charge on any atom is -0.377 e. The lowest BCUT2D eigenvalue weighted by molar-refractivity contribution is -0.121. The van der Waals surface area contributed by atoms with Crippen LogP contribution in [0, 0.1) is 5.92 Å². The molecule has 3 nitrogen and oxygen atoms in total. The summed E-state index contributed by atoms with van der Waals surface area (Å²) in [7, 11) is 1.56. The molecule has 1 heterocycles. The fourth-order valence-corrected chi connectivity index (χ4v) is 2.48. The van der Waals surface area contributed by atoms with Gasteiger partial charge in [0.05, 0.1) is 6.54 Å². The highest BCUT2D eigenvalue weighted by molar-refractivity contribution is 5.85. The number of hydrogen-bond donors (Lipinski definition) is 0. The number of ether oxygens (including phenoxy) is 1. The minimum absolute atomic E-state index is 0.136. The highest BCUT2D eigenvalue weighted by Crippen LogP contribution is 2.28. The Hall–Kier alpha value is -1.35. The summed E-state index contributed by atoms with van der Waals surface area (Å²) in [4.78, 5) is 13.8. The number of hydrogen-bond acceptors (Lipinski definition) is 3. The second kappa shape index (κ2) is 5.32. The fourth-order valence-electron chi connectivity index (χ4n) is 2.48. The first kappa shape index (κ1) is 12.1. The molecule has 1 unspecified atom stereocenters. The molecule has 2 rings (SSSR count). The molecule has 0 fully saturated rings. The lowest BCUT2D eigenvalue weighted by Gasteiger charge is -2.34. The number of carbonyl (C=O) groups is 1. The SMILES string of the molecule is COCC(=O)CN1CC(C)Cc2ccccc21. The van der Waals surface area contributed by atoms with E-state index in [9.17, 15) is 4.79 Å². The van der Waals surface area contributed by atoms with Crippen LogP contribution < -0.4 is 4.90 Å². The summed E-state index contributed by atoms with van der Waals surface area (Å²) in [5.41, 5.74) is 2.55. The van der Waals surface area contributed by atoms with Crippen molar-refractivity contribution in [2.45, 2.75) is 13.3 Å². The van der Waals surface area contributed by atoms with E-state index in [1.807, 2.05) is 6.07 Å². The monoisotopic (exact) mass is 233 g/mol. The van der Waals surface area contributed by atoms with Gasteiger partial charge in [0.1, 0.15) is 6.61 Å². The summed E-state index contributed by atoms with van der Waals surface area (Å²) < 4.78 is 4.88. The number of fused-ring (bicyclic) bond motifs is 1. The van der Waals surface area contributed by atoms with Gasteiger partial charge in [-0.25, -0.2) is 0 Å². The van der Waals surface area contributed by atoms with E-state index in [0.717, 1.165) is 13.0 Å². The smallest absolute Gasteiger partial charge is 0.177 e. The first-order valence-electron chi connectivity index (χ1n) is 6.04. The molecule has 17 heavy (non-hydrogen) atoms. The predicted molar refractivity (Wildman–Crippen MR) is 68.4 cm³/mol. The largest absolute Gasteiger partial charge is 0.377 e. The van der Waals surface area contributed by atoms with Gasteiger partial charge in [0.2, 0.25) is 0 Å². The summed E-state index contributed by atoms with van der Waals surface area (Å²) in [5.74, 6) is 0.733. The second-order valence-electron chi connectivity index (χ2n) is 4.79. The molecule has 1 aliphatic rings. The highest BCUT2D eigenvalue weighted by Gasteiger charge is 2.22. The number of rotatable bonds is 4. The van der Waals surface area contributed by atoms with Crippen LogP contribution in [0.1, 0.15) is 12.5 Å². The molecule has 0 aliphatic carbocycles. The Bertz CT molecular complexity index is 403. The van der Waals surface area contributed by atoms with Gasteiger partial charge in [0.25, 0.3) is 0 Å². The third kappa shape index (κ3) is 2.86. The van der Waals surface area contributed by atoms with Crippen molar-refractivity contribution >= 4 is 11.5 Å². The van der Waals surface area contributed by atoms with E-state index in [2.05, 4.69) is 30.0 Å². The zero-order valence-electron chi connectivity index (χ0n) is 10.5. The van der Waals surface area contributed by atoms with Crippen LogP contribution in [0.2, 0.25) is 0 Å². The molecule has 0 N–H and O–H groups in total. The molecular formula is C14H19NO2. The van der Waals surface area contributed by atoms with E-state index >= 15 is 0 Å². The summed E-state index contributed by atoms with van der Waals surface area (Å²) in [5, 5.41) is 0. The molecule has 3 heteroatoms. The molecule has 0 amide bonds. The van der Waals surface area contributed by atoms with Crippen molar-refractivity contribution in [1.82, 2.24) is 0 Å². The molecule has 0 saturated carbocycles. The third-order valence-corrected chi connectivity index (χ3v) is 3.11. The predicted octanol–water partition coefficient (Wildman–Crippen LogP) is 1.90. The number of carbonyl (C=O) groups excluding carboxylic acids is 1. The van der Waals surface area contributed by atoms with Crippen LogP contribution in [0.15, 0.2) is 24.3 Å². The van der Waals surface area contributed by atoms with Crippen LogP contribution in [0.5, 0.6) is 0 Å². The minimum atomic E-state index is 0.136. The van der Waals surface area contributed by atoms with Crippen molar-refractivity contribution in [3.8, 4) is 0 Å². The Balaban J connectivity index is 2.15. The van der Waals surface area contributed by atoms with Crippen LogP contribution in [0.3, 0.4) is 0 Å². The van der Waals surface area contributed by atoms with Crippen LogP contribution in [0.25, 0.3) is 0 Å². The summed E-state index contributed by atoms with van der Waals surface area (Å²) in [6.07, 6.45) is 1.10. The molecule has 0 radical (unpaired) electrons. The average molecular weight is 233 g/mol. The molecule has 0 spiro atoms. The van der Waals surface area contributed by atoms with Crippen molar-refractivity contribution in [2.24, 2.45) is 5.92 Å². The van der Waals surface area contributed by atoms with Crippen molar-refractivity contribution in [3.05, 3.63) is 29.8 Å². The molecule has 1 aromatic rings. The van der Waals surface area contributed by atoms with Gasteiger partial charge in [-0.15, -0.1) is 0 Å². The van der Waals surface area contributed by atoms with E-state index in [1.54, 1.807) is 7.11 Å². The van der Waals surface area contributed by atoms with Gasteiger partial charge < -0.3 is 9.64 Å². The Morgan fingerprint density at radius 3 is 3.00 bits per heavy atom. The lowest BCUT2D eigenvalue weighted by Crippen LogP contribution is -2.38. The van der Waals surface area contributed by atoms with Crippen molar-refractivity contribution in [1.29, 1.82) is 0 Å². The molecular weight excluding hydrogens is 214 g/mol. The van der Waals surface area contributed by atoms with Crippen molar-refractivity contribution in [2.75, 3.05) is 31.7 Å².